The topological polar surface area (TPSA) is 42.3 Å². The number of rotatable bonds is 8. The largest absolute Gasteiger partial charge is 0.383 e. The molecule has 1 heterocycles. The third-order valence-electron chi connectivity index (χ3n) is 3.00. The van der Waals surface area contributed by atoms with Gasteiger partial charge in [-0.3, -0.25) is 4.68 Å². The van der Waals surface area contributed by atoms with Crippen LogP contribution in [0.4, 0.5) is 0 Å². The third-order valence-corrected chi connectivity index (χ3v) is 3.00. The summed E-state index contributed by atoms with van der Waals surface area (Å²) < 4.78 is 6.94. The van der Waals surface area contributed by atoms with Crippen molar-refractivity contribution in [2.45, 2.75) is 13.5 Å². The molecule has 0 amide bonds. The van der Waals surface area contributed by atoms with Crippen LogP contribution in [0.3, 0.4) is 0 Å². The van der Waals surface area contributed by atoms with Gasteiger partial charge in [-0.2, -0.15) is 5.10 Å². The number of hydrogen-bond donors (Lipinski definition) is 1. The van der Waals surface area contributed by atoms with Crippen LogP contribution in [0.25, 0.3) is 0 Å². The third kappa shape index (κ3) is 4.85. The maximum absolute atomic E-state index is 5.03. The number of nitrogens with one attached hydrogen (secondary N) is 1. The van der Waals surface area contributed by atoms with E-state index in [9.17, 15) is 0 Å². The van der Waals surface area contributed by atoms with E-state index in [-0.39, 0.29) is 0 Å². The second-order valence-corrected chi connectivity index (χ2v) is 4.35. The Bertz CT molecular complexity index is 324. The lowest BCUT2D eigenvalue weighted by Gasteiger charge is -2.16. The van der Waals surface area contributed by atoms with Crippen LogP contribution in [0, 0.1) is 6.92 Å². The molecule has 0 spiro atoms. The molecule has 0 aliphatic rings. The average Bonchev–Trinajstić information content (AvgIpc) is 2.63. The van der Waals surface area contributed by atoms with Crippen molar-refractivity contribution >= 4 is 0 Å². The molecular weight excluding hydrogens is 216 g/mol. The quantitative estimate of drug-likeness (QED) is 0.668. The number of methoxy groups -OCH3 is 1. The van der Waals surface area contributed by atoms with Gasteiger partial charge in [-0.15, -0.1) is 0 Å². The number of nitrogens with zero attached hydrogens (tertiary/aromatic N) is 3. The number of ether oxygens (including phenoxy) is 1. The van der Waals surface area contributed by atoms with Crippen molar-refractivity contribution in [1.29, 1.82) is 0 Å². The van der Waals surface area contributed by atoms with E-state index < -0.39 is 0 Å². The minimum absolute atomic E-state index is 0.790. The van der Waals surface area contributed by atoms with Crippen molar-refractivity contribution in [2.24, 2.45) is 7.05 Å². The van der Waals surface area contributed by atoms with Gasteiger partial charge < -0.3 is 15.0 Å². The number of aryl methyl sites for hydroxylation is 1. The summed E-state index contributed by atoms with van der Waals surface area (Å²) in [6.07, 6.45) is 1.93. The first-order chi connectivity index (χ1) is 8.15. The maximum Gasteiger partial charge on any atom is 0.0589 e. The molecule has 5 nitrogen and oxygen atoms in total. The number of aromatic nitrogens is 2. The van der Waals surface area contributed by atoms with Crippen molar-refractivity contribution in [3.8, 4) is 0 Å². The lowest BCUT2D eigenvalue weighted by molar-refractivity contribution is 0.161. The van der Waals surface area contributed by atoms with Crippen molar-refractivity contribution in [3.05, 3.63) is 17.5 Å². The van der Waals surface area contributed by atoms with Crippen molar-refractivity contribution in [3.63, 3.8) is 0 Å². The highest BCUT2D eigenvalue weighted by Gasteiger charge is 2.03. The Balaban J connectivity index is 2.14. The normalized spacial score (nSPS) is 11.4. The van der Waals surface area contributed by atoms with Crippen LogP contribution >= 0.6 is 0 Å². The van der Waals surface area contributed by atoms with Crippen LogP contribution in [0.15, 0.2) is 6.20 Å². The van der Waals surface area contributed by atoms with Gasteiger partial charge in [0.1, 0.15) is 0 Å². The van der Waals surface area contributed by atoms with E-state index in [1.165, 1.54) is 11.3 Å². The van der Waals surface area contributed by atoms with Crippen LogP contribution in [-0.4, -0.2) is 55.1 Å². The fraction of sp³-hybridized carbons (Fsp3) is 0.750. The minimum atomic E-state index is 0.790. The van der Waals surface area contributed by atoms with Crippen molar-refractivity contribution in [2.75, 3.05) is 40.4 Å². The molecule has 1 aromatic rings. The molecule has 0 saturated heterocycles. The van der Waals surface area contributed by atoms with Crippen LogP contribution in [0.5, 0.6) is 0 Å². The van der Waals surface area contributed by atoms with Gasteiger partial charge in [0.25, 0.3) is 0 Å². The Morgan fingerprint density at radius 2 is 2.24 bits per heavy atom. The van der Waals surface area contributed by atoms with Crippen molar-refractivity contribution in [1.82, 2.24) is 20.0 Å². The fourth-order valence-corrected chi connectivity index (χ4v) is 1.57. The molecule has 0 aliphatic heterocycles. The zero-order valence-electron chi connectivity index (χ0n) is 11.4. The van der Waals surface area contributed by atoms with E-state index in [1.807, 2.05) is 17.9 Å². The number of hydrogen-bond acceptors (Lipinski definition) is 4. The lowest BCUT2D eigenvalue weighted by atomic mass is 10.2. The first-order valence-electron chi connectivity index (χ1n) is 6.00. The van der Waals surface area contributed by atoms with E-state index in [0.717, 1.165) is 32.8 Å². The monoisotopic (exact) mass is 240 g/mol. The predicted octanol–water partition coefficient (Wildman–Crippen LogP) is 0.396. The maximum atomic E-state index is 5.03. The lowest BCUT2D eigenvalue weighted by Crippen LogP contribution is -2.31. The summed E-state index contributed by atoms with van der Waals surface area (Å²) >= 11 is 0. The van der Waals surface area contributed by atoms with Gasteiger partial charge in [-0.1, -0.05) is 0 Å². The molecule has 0 fully saturated rings. The molecule has 17 heavy (non-hydrogen) atoms. The van der Waals surface area contributed by atoms with Gasteiger partial charge in [-0.05, 0) is 14.0 Å². The molecule has 1 N–H and O–H groups in total. The molecule has 0 bridgehead atoms. The zero-order chi connectivity index (χ0) is 12.7. The van der Waals surface area contributed by atoms with Gasteiger partial charge >= 0.3 is 0 Å². The first-order valence-corrected chi connectivity index (χ1v) is 6.00. The van der Waals surface area contributed by atoms with Gasteiger partial charge in [-0.25, -0.2) is 0 Å². The Morgan fingerprint density at radius 1 is 1.47 bits per heavy atom. The van der Waals surface area contributed by atoms with Gasteiger partial charge in [0.05, 0.1) is 12.8 Å². The Labute approximate surface area is 104 Å². The highest BCUT2D eigenvalue weighted by atomic mass is 16.5. The summed E-state index contributed by atoms with van der Waals surface area (Å²) in [5.41, 5.74) is 2.50. The molecule has 1 rings (SSSR count). The summed E-state index contributed by atoms with van der Waals surface area (Å²) in [6.45, 7) is 6.76. The van der Waals surface area contributed by atoms with E-state index in [0.29, 0.717) is 0 Å². The van der Waals surface area contributed by atoms with Crippen LogP contribution in [0.2, 0.25) is 0 Å². The van der Waals surface area contributed by atoms with Gasteiger partial charge in [0.15, 0.2) is 0 Å². The second-order valence-electron chi connectivity index (χ2n) is 4.35. The molecule has 1 aromatic heterocycles. The molecule has 0 unspecified atom stereocenters. The summed E-state index contributed by atoms with van der Waals surface area (Å²) in [4.78, 5) is 2.26. The van der Waals surface area contributed by atoms with Crippen molar-refractivity contribution < 1.29 is 4.74 Å². The summed E-state index contributed by atoms with van der Waals surface area (Å²) in [6, 6.07) is 0. The van der Waals surface area contributed by atoms with Crippen LogP contribution in [-0.2, 0) is 18.3 Å². The Morgan fingerprint density at radius 3 is 2.82 bits per heavy atom. The molecular formula is C12H24N4O. The minimum Gasteiger partial charge on any atom is -0.383 e. The first kappa shape index (κ1) is 14.2. The van der Waals surface area contributed by atoms with E-state index in [1.54, 1.807) is 7.11 Å². The van der Waals surface area contributed by atoms with Crippen LogP contribution < -0.4 is 5.32 Å². The molecule has 0 aromatic carbocycles. The van der Waals surface area contributed by atoms with Crippen LogP contribution in [0.1, 0.15) is 11.3 Å². The Hall–Kier alpha value is -0.910. The molecule has 0 saturated carbocycles. The van der Waals surface area contributed by atoms with Gasteiger partial charge in [0, 0.05) is 51.6 Å². The predicted molar refractivity (Wildman–Crippen MR) is 69.0 cm³/mol. The highest BCUT2D eigenvalue weighted by Crippen LogP contribution is 2.04. The molecule has 0 atom stereocenters. The molecule has 0 radical (unpaired) electrons. The van der Waals surface area contributed by atoms with E-state index >= 15 is 0 Å². The fourth-order valence-electron chi connectivity index (χ4n) is 1.57. The summed E-state index contributed by atoms with van der Waals surface area (Å²) in [5.74, 6) is 0. The molecule has 5 heteroatoms. The summed E-state index contributed by atoms with van der Waals surface area (Å²) in [7, 11) is 5.81. The van der Waals surface area contributed by atoms with E-state index in [4.69, 9.17) is 4.74 Å². The Kier molecular flexibility index (Phi) is 6.18. The number of likely N-dealkylation sites (N-methyl/N-ethyl adjacent to an activating group) is 1. The smallest absolute Gasteiger partial charge is 0.0589 e. The second kappa shape index (κ2) is 7.42. The standard InChI is InChI=1S/C12H24N4O/c1-11-12(10-14-16(11)3)9-13-5-6-15(2)7-8-17-4/h10,13H,5-9H2,1-4H3. The summed E-state index contributed by atoms with van der Waals surface area (Å²) in [5, 5.41) is 7.65. The van der Waals surface area contributed by atoms with E-state index in [2.05, 4.69) is 29.3 Å². The molecule has 0 aliphatic carbocycles. The highest BCUT2D eigenvalue weighted by molar-refractivity contribution is 5.15. The molecule has 98 valence electrons. The zero-order valence-corrected chi connectivity index (χ0v) is 11.4. The average molecular weight is 240 g/mol. The van der Waals surface area contributed by atoms with Gasteiger partial charge in [0.2, 0.25) is 0 Å². The SMILES string of the molecule is COCCN(C)CCNCc1cnn(C)c1C.